The predicted octanol–water partition coefficient (Wildman–Crippen LogP) is 5.86. The summed E-state index contributed by atoms with van der Waals surface area (Å²) >= 11 is 0. The summed E-state index contributed by atoms with van der Waals surface area (Å²) in [5.74, 6) is 1.51. The molecular formula is C36H45N5O3. The highest BCUT2D eigenvalue weighted by Crippen LogP contribution is 2.32. The van der Waals surface area contributed by atoms with Gasteiger partial charge in [-0.2, -0.15) is 0 Å². The van der Waals surface area contributed by atoms with Crippen LogP contribution in [-0.4, -0.2) is 57.1 Å². The van der Waals surface area contributed by atoms with Gasteiger partial charge < -0.3 is 29.9 Å². The lowest BCUT2D eigenvalue weighted by molar-refractivity contribution is -0.117. The van der Waals surface area contributed by atoms with Crippen LogP contribution in [0.2, 0.25) is 0 Å². The van der Waals surface area contributed by atoms with Gasteiger partial charge in [0.25, 0.3) is 5.91 Å². The molecule has 0 aromatic heterocycles. The Hall–Kier alpha value is -4.72. The van der Waals surface area contributed by atoms with E-state index in [0.717, 1.165) is 61.7 Å². The van der Waals surface area contributed by atoms with E-state index >= 15 is 0 Å². The maximum atomic E-state index is 13.3. The van der Waals surface area contributed by atoms with E-state index in [-0.39, 0.29) is 5.91 Å². The lowest BCUT2D eigenvalue weighted by Crippen LogP contribution is -2.46. The number of aryl methyl sites for hydroxylation is 1. The third-order valence-electron chi connectivity index (χ3n) is 7.98. The maximum absolute atomic E-state index is 13.3. The third kappa shape index (κ3) is 8.43. The van der Waals surface area contributed by atoms with Crippen LogP contribution in [0.5, 0.6) is 5.75 Å². The quantitative estimate of drug-likeness (QED) is 0.131. The standard InChI is InChI=1S/C36H45N5O3/c1-8-30(35(42)37-24-29-13-11-14-32(22-29)43-6)23-33(38-26(3)27(4)39-36(44-7)31-16-17-31)28(5)40-18-20-41(21-19-40)34-15-10-9-12-25(34)2/h8-15,22-23,31,38H,1,3-4,16-21,24H2,2,5-7H3,(H,37,42)/b30-23+,33-28-,39-36?. The average Bonchev–Trinajstić information content (AvgIpc) is 3.90. The van der Waals surface area contributed by atoms with Gasteiger partial charge in [-0.1, -0.05) is 56.1 Å². The molecule has 2 aliphatic rings. The van der Waals surface area contributed by atoms with Crippen molar-refractivity contribution in [3.8, 4) is 5.75 Å². The number of carbonyl (C=O) groups excluding carboxylic acids is 1. The van der Waals surface area contributed by atoms with Gasteiger partial charge in [0.05, 0.1) is 31.3 Å². The molecule has 2 N–H and O–H groups in total. The number of allylic oxidation sites excluding steroid dienone is 2. The van der Waals surface area contributed by atoms with Gasteiger partial charge in [0.1, 0.15) is 5.75 Å². The second-order valence-corrected chi connectivity index (χ2v) is 11.1. The molecule has 1 saturated carbocycles. The molecule has 8 heteroatoms. The van der Waals surface area contributed by atoms with Crippen molar-refractivity contribution >= 4 is 17.5 Å². The van der Waals surface area contributed by atoms with E-state index in [9.17, 15) is 4.79 Å². The fraction of sp³-hybridized carbons (Fsp3) is 0.333. The Morgan fingerprint density at radius 3 is 2.43 bits per heavy atom. The molecule has 1 aliphatic heterocycles. The van der Waals surface area contributed by atoms with Crippen molar-refractivity contribution in [3.63, 3.8) is 0 Å². The summed E-state index contributed by atoms with van der Waals surface area (Å²) < 4.78 is 10.8. The second kappa shape index (κ2) is 15.1. The number of hydrogen-bond acceptors (Lipinski definition) is 7. The number of amides is 1. The lowest BCUT2D eigenvalue weighted by Gasteiger charge is -2.39. The molecular weight excluding hydrogens is 550 g/mol. The molecule has 1 aliphatic carbocycles. The number of carbonyl (C=O) groups is 1. The molecule has 4 rings (SSSR count). The van der Waals surface area contributed by atoms with Crippen molar-refractivity contribution in [2.75, 3.05) is 45.3 Å². The van der Waals surface area contributed by atoms with Crippen molar-refractivity contribution in [3.05, 3.63) is 120 Å². The predicted molar refractivity (Wildman–Crippen MR) is 179 cm³/mol. The Morgan fingerprint density at radius 2 is 1.80 bits per heavy atom. The maximum Gasteiger partial charge on any atom is 0.251 e. The van der Waals surface area contributed by atoms with Crippen molar-refractivity contribution in [2.45, 2.75) is 33.2 Å². The first-order chi connectivity index (χ1) is 21.2. The largest absolute Gasteiger partial charge is 0.497 e. The van der Waals surface area contributed by atoms with E-state index in [4.69, 9.17) is 9.47 Å². The van der Waals surface area contributed by atoms with Crippen LogP contribution in [0.15, 0.2) is 114 Å². The van der Waals surface area contributed by atoms with E-state index in [1.807, 2.05) is 30.3 Å². The molecule has 1 heterocycles. The number of nitrogens with one attached hydrogen (secondary N) is 2. The number of methoxy groups -OCH3 is 2. The molecule has 1 saturated heterocycles. The summed E-state index contributed by atoms with van der Waals surface area (Å²) in [7, 11) is 3.26. The summed E-state index contributed by atoms with van der Waals surface area (Å²) in [6, 6.07) is 16.1. The normalized spacial score (nSPS) is 16.1. The van der Waals surface area contributed by atoms with Crippen molar-refractivity contribution in [2.24, 2.45) is 10.9 Å². The van der Waals surface area contributed by atoms with Gasteiger partial charge in [-0.15, -0.1) is 0 Å². The zero-order valence-corrected chi connectivity index (χ0v) is 26.5. The number of ether oxygens (including phenoxy) is 2. The number of para-hydroxylation sites is 1. The first-order valence-corrected chi connectivity index (χ1v) is 15.0. The van der Waals surface area contributed by atoms with Gasteiger partial charge in [0, 0.05) is 55.6 Å². The van der Waals surface area contributed by atoms with E-state index in [0.29, 0.717) is 35.3 Å². The fourth-order valence-corrected chi connectivity index (χ4v) is 5.11. The zero-order valence-electron chi connectivity index (χ0n) is 26.5. The van der Waals surface area contributed by atoms with Crippen LogP contribution in [0.3, 0.4) is 0 Å². The SMILES string of the molecule is C=C/C(=C\C(NC(=C)C(=C)N=C(OC)C1CC1)=C(/C)N1CCN(c2ccccc2C)CC1)C(=O)NCc1cccc(OC)c1. The third-order valence-corrected chi connectivity index (χ3v) is 7.98. The molecule has 0 spiro atoms. The van der Waals surface area contributed by atoms with Gasteiger partial charge in [-0.3, -0.25) is 4.79 Å². The monoisotopic (exact) mass is 595 g/mol. The molecule has 2 fully saturated rings. The highest BCUT2D eigenvalue weighted by molar-refractivity contribution is 5.96. The Kier molecular flexibility index (Phi) is 11.1. The van der Waals surface area contributed by atoms with Crippen LogP contribution in [-0.2, 0) is 16.1 Å². The van der Waals surface area contributed by atoms with E-state index < -0.39 is 0 Å². The van der Waals surface area contributed by atoms with E-state index in [1.165, 1.54) is 11.3 Å². The first-order valence-electron chi connectivity index (χ1n) is 15.0. The molecule has 0 bridgehead atoms. The lowest BCUT2D eigenvalue weighted by atomic mass is 10.1. The van der Waals surface area contributed by atoms with Gasteiger partial charge in [0.2, 0.25) is 0 Å². The minimum absolute atomic E-state index is 0.239. The number of rotatable bonds is 13. The van der Waals surface area contributed by atoms with Crippen LogP contribution >= 0.6 is 0 Å². The molecule has 0 atom stereocenters. The summed E-state index contributed by atoms with van der Waals surface area (Å²) in [5, 5.41) is 6.41. The summed E-state index contributed by atoms with van der Waals surface area (Å²) in [6.07, 6.45) is 5.51. The number of anilines is 1. The number of hydrogen-bond donors (Lipinski definition) is 2. The van der Waals surface area contributed by atoms with Crippen molar-refractivity contribution in [1.82, 2.24) is 15.5 Å². The van der Waals surface area contributed by atoms with Gasteiger partial charge in [0.15, 0.2) is 5.90 Å². The minimum Gasteiger partial charge on any atom is -0.497 e. The fourth-order valence-electron chi connectivity index (χ4n) is 5.11. The average molecular weight is 596 g/mol. The highest BCUT2D eigenvalue weighted by Gasteiger charge is 2.29. The Labute approximate surface area is 262 Å². The van der Waals surface area contributed by atoms with Gasteiger partial charge in [-0.25, -0.2) is 4.99 Å². The zero-order chi connectivity index (χ0) is 31.6. The van der Waals surface area contributed by atoms with Crippen molar-refractivity contribution in [1.29, 1.82) is 0 Å². The van der Waals surface area contributed by atoms with Gasteiger partial charge >= 0.3 is 0 Å². The van der Waals surface area contributed by atoms with Crippen LogP contribution in [0.1, 0.15) is 30.9 Å². The molecule has 0 radical (unpaired) electrons. The van der Waals surface area contributed by atoms with Crippen LogP contribution in [0.4, 0.5) is 5.69 Å². The number of aliphatic imine (C=N–C) groups is 1. The van der Waals surface area contributed by atoms with Gasteiger partial charge in [-0.05, 0) is 62.1 Å². The first kappa shape index (κ1) is 32.2. The van der Waals surface area contributed by atoms with E-state index in [2.05, 4.69) is 83.3 Å². The molecule has 232 valence electrons. The van der Waals surface area contributed by atoms with E-state index in [1.54, 1.807) is 20.3 Å². The summed E-state index contributed by atoms with van der Waals surface area (Å²) in [4.78, 5) is 22.7. The van der Waals surface area contributed by atoms with Crippen molar-refractivity contribution < 1.29 is 14.3 Å². The Bertz CT molecular complexity index is 1480. The van der Waals surface area contributed by atoms with Crippen LogP contribution in [0, 0.1) is 12.8 Å². The molecule has 2 aromatic carbocycles. The molecule has 2 aromatic rings. The minimum atomic E-state index is -0.239. The molecule has 44 heavy (non-hydrogen) atoms. The Balaban J connectivity index is 1.56. The smallest absolute Gasteiger partial charge is 0.251 e. The highest BCUT2D eigenvalue weighted by atomic mass is 16.5. The number of nitrogens with zero attached hydrogens (tertiary/aromatic N) is 3. The topological polar surface area (TPSA) is 78.4 Å². The molecule has 8 nitrogen and oxygen atoms in total. The molecule has 1 amide bonds. The molecule has 0 unspecified atom stereocenters. The summed E-state index contributed by atoms with van der Waals surface area (Å²) in [6.45, 7) is 20.3. The number of piperazine rings is 1. The second-order valence-electron chi connectivity index (χ2n) is 11.1. The Morgan fingerprint density at radius 1 is 1.07 bits per heavy atom. The van der Waals surface area contributed by atoms with Crippen LogP contribution in [0.25, 0.3) is 0 Å². The summed E-state index contributed by atoms with van der Waals surface area (Å²) in [5.41, 5.74) is 6.63. The number of benzene rings is 2. The van der Waals surface area contributed by atoms with Crippen LogP contribution < -0.4 is 20.3 Å².